The molecule has 0 nitrogen and oxygen atoms in total. The SMILES string of the molecule is C.CC(C)[CH2][Al][CH2]C(C)C.[HH]. The van der Waals surface area contributed by atoms with Crippen LogP contribution in [0.1, 0.15) is 36.5 Å². The first-order valence-electron chi connectivity index (χ1n) is 3.94. The summed E-state index contributed by atoms with van der Waals surface area (Å²) in [7, 11) is 0. The predicted molar refractivity (Wildman–Crippen MR) is 53.9 cm³/mol. The molecule has 0 N–H and O–H groups in total. The summed E-state index contributed by atoms with van der Waals surface area (Å²) in [6.45, 7) is 9.25. The molecule has 0 aliphatic heterocycles. The molecule has 0 heterocycles. The second kappa shape index (κ2) is 7.64. The molecule has 0 fully saturated rings. The Balaban J connectivity index is -0.000000320. The number of hydrogen-bond acceptors (Lipinski definition) is 0. The van der Waals surface area contributed by atoms with Gasteiger partial charge in [-0.05, 0) is 0 Å². The summed E-state index contributed by atoms with van der Waals surface area (Å²) >= 11 is 0.755. The van der Waals surface area contributed by atoms with Crippen LogP contribution in [0.2, 0.25) is 10.6 Å². The van der Waals surface area contributed by atoms with Crippen LogP contribution >= 0.6 is 0 Å². The van der Waals surface area contributed by atoms with Crippen molar-refractivity contribution in [3.05, 3.63) is 0 Å². The Morgan fingerprint density at radius 2 is 1.30 bits per heavy atom. The molecule has 63 valence electrons. The first-order chi connectivity index (χ1) is 4.13. The average molecular weight is 159 g/mol. The van der Waals surface area contributed by atoms with E-state index < -0.39 is 0 Å². The molecule has 0 unspecified atom stereocenters. The highest BCUT2D eigenvalue weighted by Gasteiger charge is 1.98. The third-order valence-electron chi connectivity index (χ3n) is 1.28. The summed E-state index contributed by atoms with van der Waals surface area (Å²) in [6, 6.07) is 0. The lowest BCUT2D eigenvalue weighted by molar-refractivity contribution is 0.700. The van der Waals surface area contributed by atoms with Crippen LogP contribution in [0.4, 0.5) is 0 Å². The fourth-order valence-corrected chi connectivity index (χ4v) is 2.29. The molecule has 0 aromatic rings. The van der Waals surface area contributed by atoms with E-state index in [2.05, 4.69) is 27.7 Å². The summed E-state index contributed by atoms with van der Waals surface area (Å²) in [5.41, 5.74) is 0. The quantitative estimate of drug-likeness (QED) is 0.548. The Hall–Kier alpha value is 0.532. The fraction of sp³-hybridized carbons (Fsp3) is 1.00. The summed E-state index contributed by atoms with van der Waals surface area (Å²) in [5, 5.41) is 2.97. The van der Waals surface area contributed by atoms with Crippen LogP contribution in [0.25, 0.3) is 0 Å². The van der Waals surface area contributed by atoms with Crippen molar-refractivity contribution in [3.8, 4) is 0 Å². The van der Waals surface area contributed by atoms with Gasteiger partial charge in [-0.25, -0.2) is 0 Å². The second-order valence-corrected chi connectivity index (χ2v) is 5.07. The van der Waals surface area contributed by atoms with Crippen molar-refractivity contribution in [1.82, 2.24) is 0 Å². The maximum atomic E-state index is 2.31. The Bertz CT molecular complexity index is 54.6. The van der Waals surface area contributed by atoms with Gasteiger partial charge in [-0.15, -0.1) is 10.6 Å². The van der Waals surface area contributed by atoms with Crippen molar-refractivity contribution in [3.63, 3.8) is 0 Å². The summed E-state index contributed by atoms with van der Waals surface area (Å²) < 4.78 is 0. The van der Waals surface area contributed by atoms with Gasteiger partial charge in [0.15, 0.2) is 0 Å². The Morgan fingerprint density at radius 3 is 1.50 bits per heavy atom. The molecule has 0 atom stereocenters. The van der Waals surface area contributed by atoms with Gasteiger partial charge in [0.2, 0.25) is 15.2 Å². The third kappa shape index (κ3) is 11.3. The lowest BCUT2D eigenvalue weighted by atomic mass is 10.3. The lowest BCUT2D eigenvalue weighted by Gasteiger charge is -2.03. The van der Waals surface area contributed by atoms with Gasteiger partial charge in [0.05, 0.1) is 0 Å². The molecule has 0 aromatic carbocycles. The molecular weight excluding hydrogens is 135 g/mol. The van der Waals surface area contributed by atoms with Crippen LogP contribution in [-0.2, 0) is 0 Å². The van der Waals surface area contributed by atoms with Crippen molar-refractivity contribution in [2.75, 3.05) is 0 Å². The van der Waals surface area contributed by atoms with Crippen LogP contribution in [0.15, 0.2) is 0 Å². The largest absolute Gasteiger partial charge is 0.200 e. The first kappa shape index (κ1) is 13.1. The molecule has 0 aromatic heterocycles. The Kier molecular flexibility index (Phi) is 10.0. The van der Waals surface area contributed by atoms with Crippen LogP contribution in [-0.4, -0.2) is 15.2 Å². The third-order valence-corrected chi connectivity index (χ3v) is 3.83. The molecule has 0 saturated heterocycles. The zero-order chi connectivity index (χ0) is 7.28. The molecule has 0 bridgehead atoms. The number of hydrogen-bond donors (Lipinski definition) is 0. The minimum atomic E-state index is 0. The van der Waals surface area contributed by atoms with E-state index in [9.17, 15) is 0 Å². The zero-order valence-electron chi connectivity index (χ0n) is 7.15. The highest BCUT2D eigenvalue weighted by molar-refractivity contribution is 6.35. The maximum absolute atomic E-state index is 2.31. The second-order valence-electron chi connectivity index (χ2n) is 3.55. The molecule has 1 radical (unpaired) electrons. The van der Waals surface area contributed by atoms with Crippen molar-refractivity contribution < 1.29 is 1.43 Å². The van der Waals surface area contributed by atoms with E-state index >= 15 is 0 Å². The minimum Gasteiger partial charge on any atom is -0.102 e. The van der Waals surface area contributed by atoms with Crippen LogP contribution in [0.5, 0.6) is 0 Å². The van der Waals surface area contributed by atoms with Gasteiger partial charge in [0.25, 0.3) is 0 Å². The molecule has 0 spiro atoms. The van der Waals surface area contributed by atoms with Gasteiger partial charge in [-0.2, -0.15) is 0 Å². The summed E-state index contributed by atoms with van der Waals surface area (Å²) in [4.78, 5) is 0. The predicted octanol–water partition coefficient (Wildman–Crippen LogP) is 3.72. The molecular formula is C9H24Al. The van der Waals surface area contributed by atoms with E-state index in [1.807, 2.05) is 0 Å². The Labute approximate surface area is 74.6 Å². The van der Waals surface area contributed by atoms with Gasteiger partial charge < -0.3 is 0 Å². The Morgan fingerprint density at radius 1 is 1.00 bits per heavy atom. The summed E-state index contributed by atoms with van der Waals surface area (Å²) in [6.07, 6.45) is 0. The molecule has 0 rings (SSSR count). The van der Waals surface area contributed by atoms with Gasteiger partial charge in [-0.1, -0.05) is 47.0 Å². The van der Waals surface area contributed by atoms with Crippen molar-refractivity contribution in [2.45, 2.75) is 45.7 Å². The van der Waals surface area contributed by atoms with E-state index in [1.54, 1.807) is 0 Å². The molecule has 0 amide bonds. The molecule has 0 aliphatic carbocycles. The van der Waals surface area contributed by atoms with Crippen molar-refractivity contribution in [1.29, 1.82) is 0 Å². The molecule has 0 aliphatic rings. The average Bonchev–Trinajstić information content (AvgIpc) is 1.63. The van der Waals surface area contributed by atoms with Crippen molar-refractivity contribution >= 4 is 15.2 Å². The number of rotatable bonds is 4. The van der Waals surface area contributed by atoms with Gasteiger partial charge >= 0.3 is 0 Å². The summed E-state index contributed by atoms with van der Waals surface area (Å²) in [5.74, 6) is 1.86. The van der Waals surface area contributed by atoms with Crippen LogP contribution in [0.3, 0.4) is 0 Å². The van der Waals surface area contributed by atoms with Gasteiger partial charge in [-0.3, -0.25) is 0 Å². The molecule has 0 saturated carbocycles. The highest BCUT2D eigenvalue weighted by Crippen LogP contribution is 2.05. The van der Waals surface area contributed by atoms with Crippen LogP contribution in [0, 0.1) is 11.8 Å². The van der Waals surface area contributed by atoms with Crippen LogP contribution < -0.4 is 0 Å². The van der Waals surface area contributed by atoms with E-state index in [0.717, 1.165) is 27.1 Å². The lowest BCUT2D eigenvalue weighted by Crippen LogP contribution is -1.99. The molecule has 1 heteroatoms. The smallest absolute Gasteiger partial charge is 0.102 e. The first-order valence-corrected chi connectivity index (χ1v) is 5.58. The van der Waals surface area contributed by atoms with Crippen molar-refractivity contribution in [2.24, 2.45) is 11.8 Å². The normalized spacial score (nSPS) is 9.80. The monoisotopic (exact) mass is 159 g/mol. The fourth-order valence-electron chi connectivity index (χ4n) is 0.763. The standard InChI is InChI=1S/2C4H9.CH4.Al.H2/c2*1-4(2)3;;;/h2*4H,1H2,2-3H3;1H4;;1H. The van der Waals surface area contributed by atoms with Gasteiger partial charge in [0.1, 0.15) is 0 Å². The molecule has 10 heavy (non-hydrogen) atoms. The van der Waals surface area contributed by atoms with E-state index in [1.165, 1.54) is 10.6 Å². The van der Waals surface area contributed by atoms with Gasteiger partial charge in [0, 0.05) is 1.43 Å². The van der Waals surface area contributed by atoms with E-state index in [4.69, 9.17) is 0 Å². The van der Waals surface area contributed by atoms with E-state index in [0.29, 0.717) is 0 Å². The minimum absolute atomic E-state index is 0. The van der Waals surface area contributed by atoms with E-state index in [-0.39, 0.29) is 8.85 Å². The topological polar surface area (TPSA) is 0 Å². The zero-order valence-corrected chi connectivity index (χ0v) is 8.30. The maximum Gasteiger partial charge on any atom is 0.200 e. The highest BCUT2D eigenvalue weighted by atomic mass is 27.1.